The van der Waals surface area contributed by atoms with Crippen molar-refractivity contribution < 1.29 is 9.18 Å². The van der Waals surface area contributed by atoms with E-state index in [1.54, 1.807) is 19.1 Å². The first-order valence-electron chi connectivity index (χ1n) is 6.93. The largest absolute Gasteiger partial charge is 0.294 e. The summed E-state index contributed by atoms with van der Waals surface area (Å²) in [6, 6.07) is 4.85. The molecule has 2 heteroatoms. The summed E-state index contributed by atoms with van der Waals surface area (Å²) in [4.78, 5) is 12.2. The van der Waals surface area contributed by atoms with Crippen LogP contribution >= 0.6 is 0 Å². The molecule has 0 N–H and O–H groups in total. The number of hydrogen-bond acceptors (Lipinski definition) is 1. The third kappa shape index (κ3) is 2.09. The normalized spacial score (nSPS) is 29.8. The Morgan fingerprint density at radius 3 is 2.78 bits per heavy atom. The lowest BCUT2D eigenvalue weighted by Crippen LogP contribution is -2.15. The van der Waals surface area contributed by atoms with Crippen LogP contribution in [-0.2, 0) is 0 Å². The van der Waals surface area contributed by atoms with Crippen LogP contribution in [0.25, 0.3) is 0 Å². The van der Waals surface area contributed by atoms with Crippen molar-refractivity contribution >= 4 is 5.78 Å². The van der Waals surface area contributed by atoms with E-state index in [4.69, 9.17) is 0 Å². The van der Waals surface area contributed by atoms with Gasteiger partial charge in [-0.2, -0.15) is 0 Å². The van der Waals surface area contributed by atoms with Crippen molar-refractivity contribution in [1.29, 1.82) is 0 Å². The van der Waals surface area contributed by atoms with Crippen molar-refractivity contribution in [2.24, 2.45) is 17.8 Å². The molecule has 0 radical (unpaired) electrons. The summed E-state index contributed by atoms with van der Waals surface area (Å²) in [5.74, 6) is 2.03. The van der Waals surface area contributed by atoms with E-state index in [0.717, 1.165) is 11.8 Å². The molecular formula is C16H19FO. The molecule has 0 aliphatic heterocycles. The monoisotopic (exact) mass is 246 g/mol. The molecule has 1 aromatic rings. The second-order valence-corrected chi connectivity index (χ2v) is 6.03. The van der Waals surface area contributed by atoms with E-state index in [-0.39, 0.29) is 11.6 Å². The molecule has 0 aromatic heterocycles. The highest BCUT2D eigenvalue weighted by Gasteiger charge is 2.40. The number of fused-ring (bicyclic) bond motifs is 2. The van der Waals surface area contributed by atoms with Crippen LogP contribution in [0.15, 0.2) is 18.2 Å². The maximum atomic E-state index is 13.5. The van der Waals surface area contributed by atoms with Gasteiger partial charge < -0.3 is 0 Å². The van der Waals surface area contributed by atoms with Gasteiger partial charge in [0.05, 0.1) is 0 Å². The molecule has 3 atom stereocenters. The molecule has 3 unspecified atom stereocenters. The van der Waals surface area contributed by atoms with Crippen LogP contribution in [0.2, 0.25) is 0 Å². The third-order valence-electron chi connectivity index (χ3n) is 4.83. The SMILES string of the molecule is Cc1ccc(C(=O)CC2CC3CCC2C3)cc1F. The lowest BCUT2D eigenvalue weighted by molar-refractivity contribution is 0.0944. The molecule has 0 heterocycles. The van der Waals surface area contributed by atoms with Crippen LogP contribution in [0.5, 0.6) is 0 Å². The van der Waals surface area contributed by atoms with E-state index in [1.807, 2.05) is 0 Å². The summed E-state index contributed by atoms with van der Waals surface area (Å²) in [6.07, 6.45) is 5.80. The summed E-state index contributed by atoms with van der Waals surface area (Å²) < 4.78 is 13.5. The molecule has 3 rings (SSSR count). The number of carbonyl (C=O) groups excluding carboxylic acids is 1. The Morgan fingerprint density at radius 2 is 2.17 bits per heavy atom. The molecule has 0 spiro atoms. The number of carbonyl (C=O) groups is 1. The molecule has 2 aliphatic rings. The van der Waals surface area contributed by atoms with Gasteiger partial charge in [-0.05, 0) is 55.6 Å². The first-order valence-corrected chi connectivity index (χ1v) is 6.93. The minimum atomic E-state index is -0.270. The van der Waals surface area contributed by atoms with Gasteiger partial charge in [0.1, 0.15) is 5.82 Å². The molecule has 2 saturated carbocycles. The summed E-state index contributed by atoms with van der Waals surface area (Å²) in [5.41, 5.74) is 1.15. The van der Waals surface area contributed by atoms with Crippen molar-refractivity contribution in [2.45, 2.75) is 39.0 Å². The Hall–Kier alpha value is -1.18. The van der Waals surface area contributed by atoms with Crippen molar-refractivity contribution in [3.8, 4) is 0 Å². The Kier molecular flexibility index (Phi) is 2.96. The maximum absolute atomic E-state index is 13.5. The first kappa shape index (κ1) is 11.9. The van der Waals surface area contributed by atoms with Crippen LogP contribution in [0.3, 0.4) is 0 Å². The standard InChI is InChI=1S/C16H19FO/c1-10-2-4-13(8-15(10)17)16(18)9-14-7-11-3-5-12(14)6-11/h2,4,8,11-12,14H,3,5-7,9H2,1H3. The van der Waals surface area contributed by atoms with Gasteiger partial charge in [0.15, 0.2) is 5.78 Å². The van der Waals surface area contributed by atoms with E-state index in [1.165, 1.54) is 31.7 Å². The number of halogens is 1. The van der Waals surface area contributed by atoms with Crippen LogP contribution in [-0.4, -0.2) is 5.78 Å². The fraction of sp³-hybridized carbons (Fsp3) is 0.562. The van der Waals surface area contributed by atoms with Gasteiger partial charge >= 0.3 is 0 Å². The quantitative estimate of drug-likeness (QED) is 0.732. The minimum Gasteiger partial charge on any atom is -0.294 e. The maximum Gasteiger partial charge on any atom is 0.163 e. The van der Waals surface area contributed by atoms with Gasteiger partial charge in [0, 0.05) is 12.0 Å². The van der Waals surface area contributed by atoms with Gasteiger partial charge in [0.25, 0.3) is 0 Å². The molecule has 2 fully saturated rings. The number of aryl methyl sites for hydroxylation is 1. The Bertz CT molecular complexity index is 480. The van der Waals surface area contributed by atoms with Gasteiger partial charge in [-0.1, -0.05) is 18.6 Å². The molecule has 0 saturated heterocycles. The van der Waals surface area contributed by atoms with E-state index in [2.05, 4.69) is 0 Å². The highest BCUT2D eigenvalue weighted by Crippen LogP contribution is 2.49. The molecule has 1 nitrogen and oxygen atoms in total. The average Bonchev–Trinajstić information content (AvgIpc) is 2.94. The van der Waals surface area contributed by atoms with Crippen LogP contribution < -0.4 is 0 Å². The topological polar surface area (TPSA) is 17.1 Å². The lowest BCUT2D eigenvalue weighted by atomic mass is 9.84. The van der Waals surface area contributed by atoms with E-state index >= 15 is 0 Å². The summed E-state index contributed by atoms with van der Waals surface area (Å²) in [6.45, 7) is 1.72. The molecule has 2 aliphatic carbocycles. The zero-order chi connectivity index (χ0) is 12.7. The fourth-order valence-electron chi connectivity index (χ4n) is 3.75. The van der Waals surface area contributed by atoms with Crippen LogP contribution in [0.4, 0.5) is 4.39 Å². The zero-order valence-corrected chi connectivity index (χ0v) is 10.8. The molecular weight excluding hydrogens is 227 g/mol. The summed E-state index contributed by atoms with van der Waals surface area (Å²) in [5, 5.41) is 0. The summed E-state index contributed by atoms with van der Waals surface area (Å²) in [7, 11) is 0. The minimum absolute atomic E-state index is 0.117. The van der Waals surface area contributed by atoms with Gasteiger partial charge in [-0.15, -0.1) is 0 Å². The highest BCUT2D eigenvalue weighted by atomic mass is 19.1. The number of ketones is 1. The predicted molar refractivity (Wildman–Crippen MR) is 69.0 cm³/mol. The van der Waals surface area contributed by atoms with Crippen molar-refractivity contribution in [1.82, 2.24) is 0 Å². The Labute approximate surface area is 107 Å². The van der Waals surface area contributed by atoms with Crippen LogP contribution in [0.1, 0.15) is 48.0 Å². The molecule has 2 bridgehead atoms. The second-order valence-electron chi connectivity index (χ2n) is 6.03. The van der Waals surface area contributed by atoms with E-state index < -0.39 is 0 Å². The van der Waals surface area contributed by atoms with E-state index in [0.29, 0.717) is 23.5 Å². The molecule has 96 valence electrons. The van der Waals surface area contributed by atoms with Crippen molar-refractivity contribution in [2.75, 3.05) is 0 Å². The van der Waals surface area contributed by atoms with E-state index in [9.17, 15) is 9.18 Å². The molecule has 1 aromatic carbocycles. The van der Waals surface area contributed by atoms with Crippen molar-refractivity contribution in [3.05, 3.63) is 35.1 Å². The Balaban J connectivity index is 1.69. The third-order valence-corrected chi connectivity index (χ3v) is 4.83. The molecule has 18 heavy (non-hydrogen) atoms. The smallest absolute Gasteiger partial charge is 0.163 e. The number of rotatable bonds is 3. The highest BCUT2D eigenvalue weighted by molar-refractivity contribution is 5.96. The van der Waals surface area contributed by atoms with Gasteiger partial charge in [-0.25, -0.2) is 4.39 Å². The summed E-state index contributed by atoms with van der Waals surface area (Å²) >= 11 is 0. The fourth-order valence-corrected chi connectivity index (χ4v) is 3.75. The number of benzene rings is 1. The predicted octanol–water partition coefficient (Wildman–Crippen LogP) is 4.14. The lowest BCUT2D eigenvalue weighted by Gasteiger charge is -2.20. The molecule has 0 amide bonds. The second kappa shape index (κ2) is 4.49. The zero-order valence-electron chi connectivity index (χ0n) is 10.8. The van der Waals surface area contributed by atoms with Crippen molar-refractivity contribution in [3.63, 3.8) is 0 Å². The Morgan fingerprint density at radius 1 is 1.33 bits per heavy atom. The number of hydrogen-bond donors (Lipinski definition) is 0. The van der Waals surface area contributed by atoms with Gasteiger partial charge in [-0.3, -0.25) is 4.79 Å². The van der Waals surface area contributed by atoms with Gasteiger partial charge in [0.2, 0.25) is 0 Å². The van der Waals surface area contributed by atoms with Crippen LogP contribution in [0, 0.1) is 30.5 Å². The average molecular weight is 246 g/mol. The number of Topliss-reactive ketones (excluding diaryl/α,β-unsaturated/α-hetero) is 1. The first-order chi connectivity index (χ1) is 8.63.